The van der Waals surface area contributed by atoms with Crippen molar-refractivity contribution >= 4 is 24.0 Å². The smallest absolute Gasteiger partial charge is 0.138 e. The van der Waals surface area contributed by atoms with Crippen LogP contribution < -0.4 is 5.73 Å². The summed E-state index contributed by atoms with van der Waals surface area (Å²) in [7, 11) is 0. The highest BCUT2D eigenvalue weighted by molar-refractivity contribution is 6.32. The fourth-order valence-corrected chi connectivity index (χ4v) is 1.63. The molecule has 86 valence electrons. The Morgan fingerprint density at radius 2 is 2.06 bits per heavy atom. The van der Waals surface area contributed by atoms with Crippen molar-refractivity contribution in [2.24, 2.45) is 5.73 Å². The summed E-state index contributed by atoms with van der Waals surface area (Å²) in [5, 5.41) is 8.53. The van der Waals surface area contributed by atoms with E-state index in [-0.39, 0.29) is 12.4 Å². The van der Waals surface area contributed by atoms with Crippen LogP contribution in [0.2, 0.25) is 5.02 Å². The zero-order valence-corrected chi connectivity index (χ0v) is 10.1. The molecule has 2 aromatic rings. The Morgan fingerprint density at radius 3 is 2.75 bits per heavy atom. The van der Waals surface area contributed by atoms with Crippen LogP contribution in [0.4, 0.5) is 0 Å². The molecule has 0 aliphatic carbocycles. The minimum absolute atomic E-state index is 0. The van der Waals surface area contributed by atoms with Gasteiger partial charge >= 0.3 is 0 Å². The third kappa shape index (κ3) is 2.52. The molecule has 1 aromatic carbocycles. The number of hydrogen-bond acceptors (Lipinski definition) is 3. The number of rotatable bonds is 3. The SMILES string of the molecule is Cl.NCCc1nncn1-c1ccccc1Cl. The quantitative estimate of drug-likeness (QED) is 0.915. The normalized spacial score (nSPS) is 9.88. The topological polar surface area (TPSA) is 56.7 Å². The van der Waals surface area contributed by atoms with Crippen molar-refractivity contribution in [2.45, 2.75) is 6.42 Å². The van der Waals surface area contributed by atoms with Crippen LogP contribution in [0.25, 0.3) is 5.69 Å². The lowest BCUT2D eigenvalue weighted by Gasteiger charge is -2.07. The van der Waals surface area contributed by atoms with E-state index >= 15 is 0 Å². The fraction of sp³-hybridized carbons (Fsp3) is 0.200. The second kappa shape index (κ2) is 5.84. The molecule has 6 heteroatoms. The third-order valence-electron chi connectivity index (χ3n) is 2.10. The molecule has 0 amide bonds. The summed E-state index contributed by atoms with van der Waals surface area (Å²) in [5.74, 6) is 0.825. The summed E-state index contributed by atoms with van der Waals surface area (Å²) >= 11 is 6.08. The Morgan fingerprint density at radius 1 is 1.31 bits per heavy atom. The number of nitrogens with two attached hydrogens (primary N) is 1. The highest BCUT2D eigenvalue weighted by Gasteiger charge is 2.07. The number of hydrogen-bond donors (Lipinski definition) is 1. The first kappa shape index (κ1) is 13.0. The lowest BCUT2D eigenvalue weighted by molar-refractivity contribution is 0.830. The highest BCUT2D eigenvalue weighted by Crippen LogP contribution is 2.20. The predicted octanol–water partition coefficient (Wildman–Crippen LogP) is 1.84. The molecule has 1 aromatic heterocycles. The summed E-state index contributed by atoms with van der Waals surface area (Å²) in [5.41, 5.74) is 6.37. The molecule has 0 fully saturated rings. The van der Waals surface area contributed by atoms with Gasteiger partial charge in [0.15, 0.2) is 0 Å². The third-order valence-corrected chi connectivity index (χ3v) is 2.42. The standard InChI is InChI=1S/C10H11ClN4.ClH/c11-8-3-1-2-4-9(8)15-7-13-14-10(15)5-6-12;/h1-4,7H,5-6,12H2;1H. The number of para-hydroxylation sites is 1. The first-order valence-corrected chi connectivity index (χ1v) is 5.04. The molecule has 0 saturated carbocycles. The van der Waals surface area contributed by atoms with Crippen molar-refractivity contribution in [2.75, 3.05) is 6.54 Å². The molecule has 0 saturated heterocycles. The Kier molecular flexibility index (Phi) is 4.73. The lowest BCUT2D eigenvalue weighted by Crippen LogP contribution is -2.08. The zero-order chi connectivity index (χ0) is 10.7. The van der Waals surface area contributed by atoms with Gasteiger partial charge in [-0.15, -0.1) is 22.6 Å². The van der Waals surface area contributed by atoms with Gasteiger partial charge in [-0.25, -0.2) is 0 Å². The average molecular weight is 259 g/mol. The van der Waals surface area contributed by atoms with E-state index in [4.69, 9.17) is 17.3 Å². The highest BCUT2D eigenvalue weighted by atomic mass is 35.5. The maximum absolute atomic E-state index is 6.08. The van der Waals surface area contributed by atoms with Crippen LogP contribution in [0.5, 0.6) is 0 Å². The second-order valence-electron chi connectivity index (χ2n) is 3.11. The van der Waals surface area contributed by atoms with Crippen LogP contribution in [0.1, 0.15) is 5.82 Å². The van der Waals surface area contributed by atoms with Crippen LogP contribution in [-0.2, 0) is 6.42 Å². The van der Waals surface area contributed by atoms with Gasteiger partial charge in [-0.05, 0) is 18.7 Å². The van der Waals surface area contributed by atoms with Crippen LogP contribution in [0.15, 0.2) is 30.6 Å². The van der Waals surface area contributed by atoms with E-state index in [1.807, 2.05) is 28.8 Å². The molecule has 0 aliphatic rings. The molecule has 1 heterocycles. The van der Waals surface area contributed by atoms with Gasteiger partial charge in [0.25, 0.3) is 0 Å². The van der Waals surface area contributed by atoms with E-state index in [1.165, 1.54) is 0 Å². The van der Waals surface area contributed by atoms with Crippen LogP contribution in [0, 0.1) is 0 Å². The largest absolute Gasteiger partial charge is 0.330 e. The summed E-state index contributed by atoms with van der Waals surface area (Å²) < 4.78 is 1.86. The molecule has 0 spiro atoms. The summed E-state index contributed by atoms with van der Waals surface area (Å²) in [6.07, 6.45) is 2.33. The van der Waals surface area contributed by atoms with E-state index in [0.29, 0.717) is 18.0 Å². The monoisotopic (exact) mass is 258 g/mol. The molecule has 0 aliphatic heterocycles. The van der Waals surface area contributed by atoms with Crippen molar-refractivity contribution < 1.29 is 0 Å². The van der Waals surface area contributed by atoms with E-state index in [9.17, 15) is 0 Å². The molecular formula is C10H12Cl2N4. The summed E-state index contributed by atoms with van der Waals surface area (Å²) in [6.45, 7) is 0.545. The molecule has 0 radical (unpaired) electrons. The lowest BCUT2D eigenvalue weighted by atomic mass is 10.3. The maximum atomic E-state index is 6.08. The Balaban J connectivity index is 0.00000128. The summed E-state index contributed by atoms with van der Waals surface area (Å²) in [4.78, 5) is 0. The Labute approximate surface area is 105 Å². The van der Waals surface area contributed by atoms with Gasteiger partial charge in [0, 0.05) is 6.42 Å². The minimum Gasteiger partial charge on any atom is -0.330 e. The van der Waals surface area contributed by atoms with Crippen LogP contribution >= 0.6 is 24.0 Å². The fourth-order valence-electron chi connectivity index (χ4n) is 1.41. The van der Waals surface area contributed by atoms with Crippen LogP contribution in [-0.4, -0.2) is 21.3 Å². The van der Waals surface area contributed by atoms with Gasteiger partial charge in [0.1, 0.15) is 12.2 Å². The van der Waals surface area contributed by atoms with Crippen LogP contribution in [0.3, 0.4) is 0 Å². The van der Waals surface area contributed by atoms with E-state index < -0.39 is 0 Å². The van der Waals surface area contributed by atoms with Gasteiger partial charge in [0.2, 0.25) is 0 Å². The van der Waals surface area contributed by atoms with E-state index in [2.05, 4.69) is 10.2 Å². The number of aromatic nitrogens is 3. The molecule has 4 nitrogen and oxygen atoms in total. The number of benzene rings is 1. The predicted molar refractivity (Wildman–Crippen MR) is 66.4 cm³/mol. The van der Waals surface area contributed by atoms with Crippen molar-refractivity contribution in [1.29, 1.82) is 0 Å². The molecule has 0 bridgehead atoms. The second-order valence-corrected chi connectivity index (χ2v) is 3.51. The van der Waals surface area contributed by atoms with E-state index in [0.717, 1.165) is 11.5 Å². The maximum Gasteiger partial charge on any atom is 0.138 e. The molecular weight excluding hydrogens is 247 g/mol. The summed E-state index contributed by atoms with van der Waals surface area (Å²) in [6, 6.07) is 7.57. The molecule has 0 atom stereocenters. The minimum atomic E-state index is 0. The number of nitrogens with zero attached hydrogens (tertiary/aromatic N) is 3. The van der Waals surface area contributed by atoms with Gasteiger partial charge in [-0.1, -0.05) is 23.7 Å². The molecule has 0 unspecified atom stereocenters. The van der Waals surface area contributed by atoms with Gasteiger partial charge in [-0.2, -0.15) is 0 Å². The molecule has 16 heavy (non-hydrogen) atoms. The van der Waals surface area contributed by atoms with Gasteiger partial charge in [0.05, 0.1) is 10.7 Å². The van der Waals surface area contributed by atoms with E-state index in [1.54, 1.807) is 6.33 Å². The first-order valence-electron chi connectivity index (χ1n) is 4.67. The van der Waals surface area contributed by atoms with Crippen molar-refractivity contribution in [1.82, 2.24) is 14.8 Å². The zero-order valence-electron chi connectivity index (χ0n) is 8.51. The van der Waals surface area contributed by atoms with Crippen molar-refractivity contribution in [3.63, 3.8) is 0 Å². The van der Waals surface area contributed by atoms with Crippen molar-refractivity contribution in [3.05, 3.63) is 41.4 Å². The average Bonchev–Trinajstić information content (AvgIpc) is 2.67. The Bertz CT molecular complexity index is 456. The number of halogens is 2. The first-order chi connectivity index (χ1) is 7.33. The van der Waals surface area contributed by atoms with Gasteiger partial charge in [-0.3, -0.25) is 4.57 Å². The Hall–Kier alpha value is -1.10. The van der Waals surface area contributed by atoms with Gasteiger partial charge < -0.3 is 5.73 Å². The van der Waals surface area contributed by atoms with Crippen molar-refractivity contribution in [3.8, 4) is 5.69 Å². The molecule has 2 N–H and O–H groups in total. The molecule has 2 rings (SSSR count).